The first kappa shape index (κ1) is 24.4. The van der Waals surface area contributed by atoms with E-state index in [1.54, 1.807) is 17.0 Å². The number of fused-ring (bicyclic) bond motifs is 1. The topological polar surface area (TPSA) is 61.9 Å². The zero-order valence-electron chi connectivity index (χ0n) is 18.6. The Kier molecular flexibility index (Phi) is 7.42. The van der Waals surface area contributed by atoms with Crippen LogP contribution >= 0.6 is 11.8 Å². The lowest BCUT2D eigenvalue weighted by Gasteiger charge is -2.21. The molecule has 0 fully saturated rings. The highest BCUT2D eigenvalue weighted by Crippen LogP contribution is 2.33. The Bertz CT molecular complexity index is 1350. The molecule has 1 heterocycles. The van der Waals surface area contributed by atoms with Crippen molar-refractivity contribution >= 4 is 34.4 Å². The molecule has 0 aliphatic rings. The van der Waals surface area contributed by atoms with E-state index in [-0.39, 0.29) is 30.1 Å². The molecule has 0 radical (unpaired) electrons. The maximum absolute atomic E-state index is 13.3. The fraction of sp³-hybridized carbons (Fsp3) is 0.192. The number of carbonyl (C=O) groups excluding carboxylic acids is 1. The zero-order chi connectivity index (χ0) is 24.8. The minimum atomic E-state index is -4.47. The van der Waals surface area contributed by atoms with E-state index >= 15 is 0 Å². The SMILES string of the molecule is N#CCCN(C(=O)CSc1nc2cc(C(F)(F)F)ccc2n1Cc1ccccc1)c1ccccc1. The van der Waals surface area contributed by atoms with Crippen molar-refractivity contribution in [2.24, 2.45) is 0 Å². The summed E-state index contributed by atoms with van der Waals surface area (Å²) in [5.41, 5.74) is 1.64. The molecule has 0 aliphatic heterocycles. The minimum absolute atomic E-state index is 0.0184. The highest BCUT2D eigenvalue weighted by Gasteiger charge is 2.31. The Morgan fingerprint density at radius 2 is 1.71 bits per heavy atom. The van der Waals surface area contributed by atoms with Gasteiger partial charge in [0.2, 0.25) is 5.91 Å². The summed E-state index contributed by atoms with van der Waals surface area (Å²) in [5, 5.41) is 9.45. The summed E-state index contributed by atoms with van der Waals surface area (Å²) >= 11 is 1.17. The van der Waals surface area contributed by atoms with Gasteiger partial charge in [-0.2, -0.15) is 18.4 Å². The molecule has 9 heteroatoms. The van der Waals surface area contributed by atoms with Crippen LogP contribution in [0.25, 0.3) is 11.0 Å². The number of hydrogen-bond donors (Lipinski definition) is 0. The molecular formula is C26H21F3N4OS. The maximum atomic E-state index is 13.3. The Balaban J connectivity index is 1.64. The fourth-order valence-corrected chi connectivity index (χ4v) is 4.57. The number of nitrogens with zero attached hydrogens (tertiary/aromatic N) is 4. The Morgan fingerprint density at radius 3 is 2.37 bits per heavy atom. The van der Waals surface area contributed by atoms with Gasteiger partial charge in [-0.15, -0.1) is 0 Å². The highest BCUT2D eigenvalue weighted by atomic mass is 32.2. The van der Waals surface area contributed by atoms with Crippen molar-refractivity contribution in [2.75, 3.05) is 17.2 Å². The minimum Gasteiger partial charge on any atom is -0.314 e. The molecule has 5 nitrogen and oxygen atoms in total. The van der Waals surface area contributed by atoms with Gasteiger partial charge >= 0.3 is 6.18 Å². The largest absolute Gasteiger partial charge is 0.416 e. The number of imidazole rings is 1. The number of aromatic nitrogens is 2. The quantitative estimate of drug-likeness (QED) is 0.276. The van der Waals surface area contributed by atoms with Gasteiger partial charge in [-0.1, -0.05) is 60.3 Å². The molecule has 0 aliphatic carbocycles. The van der Waals surface area contributed by atoms with Crippen LogP contribution in [0.5, 0.6) is 0 Å². The third-order valence-electron chi connectivity index (χ3n) is 5.36. The van der Waals surface area contributed by atoms with Crippen LogP contribution in [0, 0.1) is 11.3 Å². The number of para-hydroxylation sites is 1. The molecule has 4 aromatic rings. The number of anilines is 1. The van der Waals surface area contributed by atoms with E-state index in [4.69, 9.17) is 5.26 Å². The van der Waals surface area contributed by atoms with E-state index in [0.717, 1.165) is 17.7 Å². The lowest BCUT2D eigenvalue weighted by molar-refractivity contribution is -0.137. The second-order valence-electron chi connectivity index (χ2n) is 7.75. The zero-order valence-corrected chi connectivity index (χ0v) is 19.4. The molecule has 0 saturated heterocycles. The van der Waals surface area contributed by atoms with E-state index in [0.29, 0.717) is 22.9 Å². The van der Waals surface area contributed by atoms with Crippen molar-refractivity contribution in [3.8, 4) is 6.07 Å². The van der Waals surface area contributed by atoms with Crippen LogP contribution in [0.15, 0.2) is 84.0 Å². The summed E-state index contributed by atoms with van der Waals surface area (Å²) in [6.45, 7) is 0.644. The van der Waals surface area contributed by atoms with Gasteiger partial charge in [-0.25, -0.2) is 4.98 Å². The molecule has 0 spiro atoms. The second kappa shape index (κ2) is 10.7. The van der Waals surface area contributed by atoms with Crippen molar-refractivity contribution in [2.45, 2.75) is 24.3 Å². The van der Waals surface area contributed by atoms with E-state index in [1.807, 2.05) is 53.1 Å². The number of nitriles is 1. The second-order valence-corrected chi connectivity index (χ2v) is 8.69. The van der Waals surface area contributed by atoms with Crippen LogP contribution < -0.4 is 4.90 Å². The number of benzene rings is 3. The monoisotopic (exact) mass is 494 g/mol. The Labute approximate surface area is 204 Å². The summed E-state index contributed by atoms with van der Waals surface area (Å²) in [6.07, 6.45) is -4.30. The molecule has 0 N–H and O–H groups in total. The number of thioether (sulfide) groups is 1. The van der Waals surface area contributed by atoms with Gasteiger partial charge in [0.25, 0.3) is 0 Å². The Morgan fingerprint density at radius 1 is 1.03 bits per heavy atom. The number of carbonyl (C=O) groups is 1. The molecule has 1 amide bonds. The van der Waals surface area contributed by atoms with E-state index < -0.39 is 11.7 Å². The molecule has 178 valence electrons. The third-order valence-corrected chi connectivity index (χ3v) is 6.33. The fourth-order valence-electron chi connectivity index (χ4n) is 3.68. The normalized spacial score (nSPS) is 11.4. The van der Waals surface area contributed by atoms with E-state index in [2.05, 4.69) is 11.1 Å². The Hall–Kier alpha value is -3.77. The first-order valence-corrected chi connectivity index (χ1v) is 11.8. The molecule has 4 rings (SSSR count). The van der Waals surface area contributed by atoms with Crippen LogP contribution in [0.2, 0.25) is 0 Å². The van der Waals surface area contributed by atoms with Crippen LogP contribution in [-0.4, -0.2) is 27.8 Å². The van der Waals surface area contributed by atoms with Crippen molar-refractivity contribution in [3.05, 3.63) is 90.0 Å². The van der Waals surface area contributed by atoms with Crippen LogP contribution in [0.1, 0.15) is 17.5 Å². The van der Waals surface area contributed by atoms with E-state index in [9.17, 15) is 18.0 Å². The standard InChI is InChI=1S/C26H21F3N4OS/c27-26(28,29)20-12-13-23-22(16-20)31-25(33(23)17-19-8-3-1-4-9-19)35-18-24(34)32(15-7-14-30)21-10-5-2-6-11-21/h1-6,8-13,16H,7,15,17-18H2. The first-order chi connectivity index (χ1) is 16.9. The van der Waals surface area contributed by atoms with Gasteiger partial charge in [0, 0.05) is 12.2 Å². The predicted molar refractivity (Wildman–Crippen MR) is 130 cm³/mol. The van der Waals surface area contributed by atoms with Crippen LogP contribution in [0.3, 0.4) is 0 Å². The number of halogens is 3. The smallest absolute Gasteiger partial charge is 0.314 e. The average Bonchev–Trinajstić information content (AvgIpc) is 3.20. The van der Waals surface area contributed by atoms with Crippen LogP contribution in [0.4, 0.5) is 18.9 Å². The highest BCUT2D eigenvalue weighted by molar-refractivity contribution is 7.99. The van der Waals surface area contributed by atoms with Crippen LogP contribution in [-0.2, 0) is 17.5 Å². The van der Waals surface area contributed by atoms with Crippen molar-refractivity contribution in [1.82, 2.24) is 9.55 Å². The molecule has 35 heavy (non-hydrogen) atoms. The van der Waals surface area contributed by atoms with Crippen molar-refractivity contribution < 1.29 is 18.0 Å². The molecule has 0 bridgehead atoms. The van der Waals surface area contributed by atoms with Gasteiger partial charge in [0.15, 0.2) is 5.16 Å². The number of alkyl halides is 3. The van der Waals surface area contributed by atoms with Crippen molar-refractivity contribution in [1.29, 1.82) is 5.26 Å². The molecule has 0 saturated carbocycles. The average molecular weight is 495 g/mol. The molecule has 0 unspecified atom stereocenters. The van der Waals surface area contributed by atoms with Gasteiger partial charge < -0.3 is 9.47 Å². The molecular weight excluding hydrogens is 473 g/mol. The van der Waals surface area contributed by atoms with E-state index in [1.165, 1.54) is 17.8 Å². The summed E-state index contributed by atoms with van der Waals surface area (Å²) in [7, 11) is 0. The van der Waals surface area contributed by atoms with Gasteiger partial charge in [0.05, 0.1) is 41.4 Å². The lowest BCUT2D eigenvalue weighted by atomic mass is 10.2. The predicted octanol–water partition coefficient (Wildman–Crippen LogP) is 6.14. The molecule has 3 aromatic carbocycles. The lowest BCUT2D eigenvalue weighted by Crippen LogP contribution is -2.33. The van der Waals surface area contributed by atoms with Gasteiger partial charge in [0.1, 0.15) is 0 Å². The molecule has 0 atom stereocenters. The summed E-state index contributed by atoms with van der Waals surface area (Å²) in [5.74, 6) is -0.198. The number of amides is 1. The van der Waals surface area contributed by atoms with Crippen molar-refractivity contribution in [3.63, 3.8) is 0 Å². The number of rotatable bonds is 8. The third kappa shape index (κ3) is 5.84. The molecule has 1 aromatic heterocycles. The summed E-state index contributed by atoms with van der Waals surface area (Å²) < 4.78 is 41.6. The van der Waals surface area contributed by atoms with Gasteiger partial charge in [-0.3, -0.25) is 4.79 Å². The number of hydrogen-bond acceptors (Lipinski definition) is 4. The first-order valence-electron chi connectivity index (χ1n) is 10.8. The summed E-state index contributed by atoms with van der Waals surface area (Å²) in [4.78, 5) is 19.1. The van der Waals surface area contributed by atoms with Gasteiger partial charge in [-0.05, 0) is 35.9 Å². The summed E-state index contributed by atoms with van der Waals surface area (Å²) in [6, 6.07) is 24.1. The maximum Gasteiger partial charge on any atom is 0.416 e.